The van der Waals surface area contributed by atoms with Gasteiger partial charge in [0.1, 0.15) is 5.60 Å². The van der Waals surface area contributed by atoms with Gasteiger partial charge in [-0.2, -0.15) is 0 Å². The minimum Gasteiger partial charge on any atom is -0.444 e. The molecule has 1 aliphatic carbocycles. The Bertz CT molecular complexity index is 534. The molecule has 2 N–H and O–H groups in total. The van der Waals surface area contributed by atoms with Gasteiger partial charge in [-0.25, -0.2) is 4.79 Å². The van der Waals surface area contributed by atoms with Crippen molar-refractivity contribution >= 4 is 17.7 Å². The Hall–Kier alpha value is -1.26. The number of rotatable bonds is 4. The van der Waals surface area contributed by atoms with Crippen molar-refractivity contribution in [2.45, 2.75) is 64.8 Å². The van der Waals surface area contributed by atoms with Gasteiger partial charge in [-0.1, -0.05) is 23.7 Å². The average molecular weight is 325 g/mol. The van der Waals surface area contributed by atoms with E-state index in [1.807, 2.05) is 39.8 Å². The van der Waals surface area contributed by atoms with E-state index in [1.165, 1.54) is 5.56 Å². The summed E-state index contributed by atoms with van der Waals surface area (Å²) in [6.07, 6.45) is 1.53. The highest BCUT2D eigenvalue weighted by molar-refractivity contribution is 6.31. The molecule has 0 atom stereocenters. The van der Waals surface area contributed by atoms with Gasteiger partial charge >= 0.3 is 6.09 Å². The summed E-state index contributed by atoms with van der Waals surface area (Å²) in [5, 5.41) is 7.18. The van der Waals surface area contributed by atoms with Crippen LogP contribution in [-0.2, 0) is 11.3 Å². The predicted molar refractivity (Wildman–Crippen MR) is 89.2 cm³/mol. The zero-order valence-electron chi connectivity index (χ0n) is 13.7. The maximum Gasteiger partial charge on any atom is 0.407 e. The van der Waals surface area contributed by atoms with Crippen molar-refractivity contribution in [2.24, 2.45) is 0 Å². The number of ether oxygens (including phenoxy) is 1. The molecule has 1 aromatic rings. The molecule has 0 radical (unpaired) electrons. The standard InChI is InChI=1S/C17H25ClN2O2/c1-11-5-6-12(7-15(11)18)10-19-13-8-14(9-13)20-16(21)22-17(2,3)4/h5-7,13-14,19H,8-10H2,1-4H3,(H,20,21). The van der Waals surface area contributed by atoms with E-state index in [0.29, 0.717) is 6.04 Å². The second kappa shape index (κ2) is 6.88. The van der Waals surface area contributed by atoms with E-state index in [2.05, 4.69) is 16.7 Å². The number of amides is 1. The molecule has 0 saturated heterocycles. The van der Waals surface area contributed by atoms with Gasteiger partial charge < -0.3 is 15.4 Å². The predicted octanol–water partition coefficient (Wildman–Crippen LogP) is 3.79. The molecule has 4 nitrogen and oxygen atoms in total. The third-order valence-electron chi connectivity index (χ3n) is 3.69. The van der Waals surface area contributed by atoms with Crippen molar-refractivity contribution in [3.05, 3.63) is 34.3 Å². The first-order chi connectivity index (χ1) is 10.2. The van der Waals surface area contributed by atoms with Gasteiger partial charge in [-0.05, 0) is 57.7 Å². The molecule has 0 unspecified atom stereocenters. The first kappa shape index (κ1) is 17.1. The summed E-state index contributed by atoms with van der Waals surface area (Å²) >= 11 is 6.12. The molecule has 0 spiro atoms. The number of aryl methyl sites for hydroxylation is 1. The fourth-order valence-electron chi connectivity index (χ4n) is 2.39. The third-order valence-corrected chi connectivity index (χ3v) is 4.10. The fraction of sp³-hybridized carbons (Fsp3) is 0.588. The Kier molecular flexibility index (Phi) is 5.35. The number of carbonyl (C=O) groups is 1. The van der Waals surface area contributed by atoms with Crippen LogP contribution in [0.2, 0.25) is 5.02 Å². The van der Waals surface area contributed by atoms with Crippen LogP contribution >= 0.6 is 11.6 Å². The van der Waals surface area contributed by atoms with E-state index in [-0.39, 0.29) is 12.1 Å². The molecule has 122 valence electrons. The molecule has 1 saturated carbocycles. The second-order valence-corrected chi connectivity index (χ2v) is 7.38. The van der Waals surface area contributed by atoms with E-state index in [1.54, 1.807) is 0 Å². The first-order valence-corrected chi connectivity index (χ1v) is 8.08. The Morgan fingerprint density at radius 1 is 1.32 bits per heavy atom. The number of hydrogen-bond donors (Lipinski definition) is 2. The smallest absolute Gasteiger partial charge is 0.407 e. The van der Waals surface area contributed by atoms with E-state index in [4.69, 9.17) is 16.3 Å². The number of nitrogens with one attached hydrogen (secondary N) is 2. The Labute approximate surface area is 137 Å². The van der Waals surface area contributed by atoms with Gasteiger partial charge in [0.05, 0.1) is 0 Å². The summed E-state index contributed by atoms with van der Waals surface area (Å²) in [5.41, 5.74) is 1.82. The van der Waals surface area contributed by atoms with E-state index in [9.17, 15) is 4.79 Å². The Morgan fingerprint density at radius 2 is 2.00 bits per heavy atom. The molecule has 22 heavy (non-hydrogen) atoms. The summed E-state index contributed by atoms with van der Waals surface area (Å²) in [6, 6.07) is 6.75. The summed E-state index contributed by atoms with van der Waals surface area (Å²) in [5.74, 6) is 0. The van der Waals surface area contributed by atoms with Crippen molar-refractivity contribution in [1.82, 2.24) is 10.6 Å². The Balaban J connectivity index is 1.67. The SMILES string of the molecule is Cc1ccc(CNC2CC(NC(=O)OC(C)(C)C)C2)cc1Cl. The van der Waals surface area contributed by atoms with Gasteiger partial charge in [0, 0.05) is 23.7 Å². The lowest BCUT2D eigenvalue weighted by Gasteiger charge is -2.36. The molecular weight excluding hydrogens is 300 g/mol. The summed E-state index contributed by atoms with van der Waals surface area (Å²) in [4.78, 5) is 11.6. The van der Waals surface area contributed by atoms with Gasteiger partial charge in [-0.3, -0.25) is 0 Å². The second-order valence-electron chi connectivity index (χ2n) is 6.98. The molecule has 0 bridgehead atoms. The largest absolute Gasteiger partial charge is 0.444 e. The maximum absolute atomic E-state index is 11.6. The monoisotopic (exact) mass is 324 g/mol. The lowest BCUT2D eigenvalue weighted by molar-refractivity contribution is 0.0465. The van der Waals surface area contributed by atoms with Gasteiger partial charge in [0.15, 0.2) is 0 Å². The van der Waals surface area contributed by atoms with Crippen LogP contribution in [0.25, 0.3) is 0 Å². The number of carbonyl (C=O) groups excluding carboxylic acids is 1. The van der Waals surface area contributed by atoms with Crippen LogP contribution in [0.3, 0.4) is 0 Å². The molecule has 1 aliphatic rings. The lowest BCUT2D eigenvalue weighted by atomic mass is 9.86. The van der Waals surface area contributed by atoms with Crippen LogP contribution in [-0.4, -0.2) is 23.8 Å². The first-order valence-electron chi connectivity index (χ1n) is 7.71. The summed E-state index contributed by atoms with van der Waals surface area (Å²) in [6.45, 7) is 8.39. The molecule has 0 heterocycles. The molecule has 1 amide bonds. The zero-order valence-corrected chi connectivity index (χ0v) is 14.5. The summed E-state index contributed by atoms with van der Waals surface area (Å²) in [7, 11) is 0. The minimum absolute atomic E-state index is 0.203. The van der Waals surface area contributed by atoms with Crippen LogP contribution in [0.5, 0.6) is 0 Å². The van der Waals surface area contributed by atoms with Crippen LogP contribution in [0.15, 0.2) is 18.2 Å². The van der Waals surface area contributed by atoms with Crippen LogP contribution in [0.4, 0.5) is 4.79 Å². The van der Waals surface area contributed by atoms with Crippen LogP contribution in [0.1, 0.15) is 44.7 Å². The normalized spacial score (nSPS) is 21.1. The molecule has 1 fully saturated rings. The number of hydrogen-bond acceptors (Lipinski definition) is 3. The van der Waals surface area contributed by atoms with Crippen molar-refractivity contribution < 1.29 is 9.53 Å². The topological polar surface area (TPSA) is 50.4 Å². The fourth-order valence-corrected chi connectivity index (χ4v) is 2.59. The molecular formula is C17H25ClN2O2. The van der Waals surface area contributed by atoms with Crippen molar-refractivity contribution in [3.63, 3.8) is 0 Å². The lowest BCUT2D eigenvalue weighted by Crippen LogP contribution is -2.52. The van der Waals surface area contributed by atoms with Gasteiger partial charge in [0.2, 0.25) is 0 Å². The molecule has 2 rings (SSSR count). The summed E-state index contributed by atoms with van der Waals surface area (Å²) < 4.78 is 5.25. The van der Waals surface area contributed by atoms with Crippen molar-refractivity contribution in [2.75, 3.05) is 0 Å². The van der Waals surface area contributed by atoms with Crippen LogP contribution in [0, 0.1) is 6.92 Å². The molecule has 5 heteroatoms. The van der Waals surface area contributed by atoms with E-state index < -0.39 is 5.60 Å². The minimum atomic E-state index is -0.448. The van der Waals surface area contributed by atoms with Crippen LogP contribution < -0.4 is 10.6 Å². The number of halogens is 1. The molecule has 0 aliphatic heterocycles. The highest BCUT2D eigenvalue weighted by Crippen LogP contribution is 2.22. The van der Waals surface area contributed by atoms with E-state index in [0.717, 1.165) is 30.0 Å². The average Bonchev–Trinajstić information content (AvgIpc) is 2.33. The Morgan fingerprint density at radius 3 is 2.59 bits per heavy atom. The third kappa shape index (κ3) is 5.18. The zero-order chi connectivity index (χ0) is 16.3. The van der Waals surface area contributed by atoms with E-state index >= 15 is 0 Å². The molecule has 0 aromatic heterocycles. The highest BCUT2D eigenvalue weighted by atomic mass is 35.5. The maximum atomic E-state index is 11.6. The van der Waals surface area contributed by atoms with Crippen molar-refractivity contribution in [3.8, 4) is 0 Å². The van der Waals surface area contributed by atoms with Gasteiger partial charge in [-0.15, -0.1) is 0 Å². The quantitative estimate of drug-likeness (QED) is 0.885. The number of benzene rings is 1. The number of alkyl carbamates (subject to hydrolysis) is 1. The molecule has 1 aromatic carbocycles. The highest BCUT2D eigenvalue weighted by Gasteiger charge is 2.31. The van der Waals surface area contributed by atoms with Crippen molar-refractivity contribution in [1.29, 1.82) is 0 Å². The van der Waals surface area contributed by atoms with Gasteiger partial charge in [0.25, 0.3) is 0 Å².